The molecule has 1 aliphatic rings. The topological polar surface area (TPSA) is 71.5 Å². The van der Waals surface area contributed by atoms with E-state index in [-0.39, 0.29) is 25.0 Å². The summed E-state index contributed by atoms with van der Waals surface area (Å²) in [6, 6.07) is 10.7. The molecule has 0 bridgehead atoms. The first-order valence-electron chi connectivity index (χ1n) is 7.03. The molecule has 0 fully saturated rings. The number of anilines is 1. The summed E-state index contributed by atoms with van der Waals surface area (Å²) in [5.41, 5.74) is 0.814. The third-order valence-corrected chi connectivity index (χ3v) is 3.76. The van der Waals surface area contributed by atoms with Crippen LogP contribution in [0.25, 0.3) is 0 Å². The predicted molar refractivity (Wildman–Crippen MR) is 85.4 cm³/mol. The molecule has 0 unspecified atom stereocenters. The van der Waals surface area contributed by atoms with Crippen molar-refractivity contribution in [3.05, 3.63) is 53.2 Å². The van der Waals surface area contributed by atoms with Crippen LogP contribution in [0.15, 0.2) is 42.6 Å². The van der Waals surface area contributed by atoms with Gasteiger partial charge >= 0.3 is 0 Å². The Hall–Kier alpha value is -2.60. The molecule has 1 aromatic heterocycles. The molecule has 2 heterocycles. The minimum atomic E-state index is -0.302. The van der Waals surface area contributed by atoms with Crippen molar-refractivity contribution in [2.45, 2.75) is 6.54 Å². The van der Waals surface area contributed by atoms with Gasteiger partial charge in [0.1, 0.15) is 6.54 Å². The number of carbonyl (C=O) groups excluding carboxylic acids is 2. The number of fused-ring (bicyclic) bond motifs is 1. The maximum Gasteiger partial charge on any atom is 0.266 e. The van der Waals surface area contributed by atoms with Crippen LogP contribution in [0, 0.1) is 0 Å². The molecule has 0 spiro atoms. The number of nitrogens with one attached hydrogen (secondary N) is 1. The number of carbonyl (C=O) groups is 2. The summed E-state index contributed by atoms with van der Waals surface area (Å²) in [5, 5.41) is 3.34. The van der Waals surface area contributed by atoms with Crippen molar-refractivity contribution in [2.24, 2.45) is 0 Å². The van der Waals surface area contributed by atoms with E-state index in [2.05, 4.69) is 10.3 Å². The summed E-state index contributed by atoms with van der Waals surface area (Å²) in [6.07, 6.45) is 1.55. The van der Waals surface area contributed by atoms with Gasteiger partial charge in [0.05, 0.1) is 0 Å². The van der Waals surface area contributed by atoms with Gasteiger partial charge in [-0.3, -0.25) is 14.5 Å². The average Bonchev–Trinajstić information content (AvgIpc) is 2.57. The fraction of sp³-hybridized carbons (Fsp3) is 0.188. The van der Waals surface area contributed by atoms with Crippen LogP contribution in [0.1, 0.15) is 5.56 Å². The van der Waals surface area contributed by atoms with E-state index in [4.69, 9.17) is 16.3 Å². The molecule has 7 heteroatoms. The first-order valence-corrected chi connectivity index (χ1v) is 7.41. The first kappa shape index (κ1) is 15.3. The minimum Gasteiger partial charge on any atom is -0.480 e. The van der Waals surface area contributed by atoms with Gasteiger partial charge in [0.15, 0.2) is 18.2 Å². The quantitative estimate of drug-likeness (QED) is 0.927. The number of ether oxygens (including phenoxy) is 1. The molecule has 0 aliphatic carbocycles. The number of benzene rings is 1. The summed E-state index contributed by atoms with van der Waals surface area (Å²) in [5.74, 6) is 0.253. The third-order valence-electron chi connectivity index (χ3n) is 3.39. The minimum absolute atomic E-state index is 0.101. The lowest BCUT2D eigenvalue weighted by atomic mass is 10.2. The maximum absolute atomic E-state index is 12.1. The molecule has 0 atom stereocenters. The molecule has 23 heavy (non-hydrogen) atoms. The molecule has 118 valence electrons. The fourth-order valence-corrected chi connectivity index (χ4v) is 2.43. The van der Waals surface area contributed by atoms with E-state index in [9.17, 15) is 9.59 Å². The smallest absolute Gasteiger partial charge is 0.266 e. The standard InChI is InChI=1S/C16H14ClN3O3/c17-12-5-2-1-4-11(12)8-19-14(21)9-20-15(22)10-23-13-6-3-7-18-16(13)20/h1-7H,8-10H2,(H,19,21). The van der Waals surface area contributed by atoms with Crippen molar-refractivity contribution in [1.29, 1.82) is 0 Å². The van der Waals surface area contributed by atoms with Crippen LogP contribution in [0.4, 0.5) is 5.82 Å². The highest BCUT2D eigenvalue weighted by Gasteiger charge is 2.28. The van der Waals surface area contributed by atoms with E-state index in [0.717, 1.165) is 5.56 Å². The normalized spacial score (nSPS) is 13.3. The zero-order chi connectivity index (χ0) is 16.2. The van der Waals surface area contributed by atoms with E-state index < -0.39 is 0 Å². The van der Waals surface area contributed by atoms with Gasteiger partial charge in [-0.2, -0.15) is 0 Å². The number of rotatable bonds is 4. The molecule has 0 saturated heterocycles. The van der Waals surface area contributed by atoms with Crippen LogP contribution in [0.3, 0.4) is 0 Å². The Kier molecular flexibility index (Phi) is 4.43. The number of nitrogens with zero attached hydrogens (tertiary/aromatic N) is 2. The summed E-state index contributed by atoms with van der Waals surface area (Å²) >= 11 is 6.05. The Morgan fingerprint density at radius 2 is 2.13 bits per heavy atom. The van der Waals surface area contributed by atoms with Crippen molar-refractivity contribution in [2.75, 3.05) is 18.1 Å². The van der Waals surface area contributed by atoms with Crippen molar-refractivity contribution >= 4 is 29.2 Å². The zero-order valence-electron chi connectivity index (χ0n) is 12.2. The van der Waals surface area contributed by atoms with Crippen LogP contribution in [0.2, 0.25) is 5.02 Å². The van der Waals surface area contributed by atoms with E-state index in [0.29, 0.717) is 23.1 Å². The maximum atomic E-state index is 12.1. The number of amides is 2. The van der Waals surface area contributed by atoms with Crippen molar-refractivity contribution in [3.63, 3.8) is 0 Å². The van der Waals surface area contributed by atoms with Crippen LogP contribution in [-0.4, -0.2) is 29.9 Å². The second-order valence-corrected chi connectivity index (χ2v) is 5.37. The fourth-order valence-electron chi connectivity index (χ4n) is 2.23. The van der Waals surface area contributed by atoms with Gasteiger partial charge in [-0.15, -0.1) is 0 Å². The van der Waals surface area contributed by atoms with Gasteiger partial charge in [-0.05, 0) is 23.8 Å². The molecule has 0 saturated carbocycles. The number of hydrogen-bond acceptors (Lipinski definition) is 4. The van der Waals surface area contributed by atoms with Crippen molar-refractivity contribution in [1.82, 2.24) is 10.3 Å². The highest BCUT2D eigenvalue weighted by Crippen LogP contribution is 2.28. The highest BCUT2D eigenvalue weighted by molar-refractivity contribution is 6.31. The summed E-state index contributed by atoms with van der Waals surface area (Å²) < 4.78 is 5.29. The Bertz CT molecular complexity index is 751. The molecule has 1 N–H and O–H groups in total. The summed E-state index contributed by atoms with van der Waals surface area (Å²) in [6.45, 7) is 0.0826. The number of hydrogen-bond donors (Lipinski definition) is 1. The van der Waals surface area contributed by atoms with Crippen molar-refractivity contribution < 1.29 is 14.3 Å². The molecule has 0 radical (unpaired) electrons. The molecular weight excluding hydrogens is 318 g/mol. The Morgan fingerprint density at radius 1 is 1.30 bits per heavy atom. The third kappa shape index (κ3) is 3.43. The van der Waals surface area contributed by atoms with Gasteiger partial charge in [-0.1, -0.05) is 29.8 Å². The number of halogens is 1. The Labute approximate surface area is 138 Å². The van der Waals surface area contributed by atoms with Gasteiger partial charge in [0.2, 0.25) is 5.91 Å². The summed E-state index contributed by atoms with van der Waals surface area (Å²) in [4.78, 5) is 29.6. The molecule has 6 nitrogen and oxygen atoms in total. The van der Waals surface area contributed by atoms with Crippen LogP contribution < -0.4 is 15.0 Å². The molecule has 2 aromatic rings. The van der Waals surface area contributed by atoms with Crippen LogP contribution in [-0.2, 0) is 16.1 Å². The molecule has 2 amide bonds. The predicted octanol–water partition coefficient (Wildman–Crippen LogP) is 1.78. The lowest BCUT2D eigenvalue weighted by Crippen LogP contribution is -2.45. The second kappa shape index (κ2) is 6.66. The lowest BCUT2D eigenvalue weighted by molar-refractivity contribution is -0.125. The van der Waals surface area contributed by atoms with Crippen LogP contribution >= 0.6 is 11.6 Å². The van der Waals surface area contributed by atoms with E-state index in [1.165, 1.54) is 4.90 Å². The second-order valence-electron chi connectivity index (χ2n) is 4.96. The van der Waals surface area contributed by atoms with E-state index >= 15 is 0 Å². The number of pyridine rings is 1. The van der Waals surface area contributed by atoms with Gasteiger partial charge < -0.3 is 10.1 Å². The Balaban J connectivity index is 1.66. The average molecular weight is 332 g/mol. The lowest BCUT2D eigenvalue weighted by Gasteiger charge is -2.27. The molecule has 1 aromatic carbocycles. The SMILES string of the molecule is O=C(CN1C(=O)COc2cccnc21)NCc1ccccc1Cl. The molecule has 1 aliphatic heterocycles. The van der Waals surface area contributed by atoms with E-state index in [1.807, 2.05) is 18.2 Å². The highest BCUT2D eigenvalue weighted by atomic mass is 35.5. The van der Waals surface area contributed by atoms with Crippen molar-refractivity contribution in [3.8, 4) is 5.75 Å². The van der Waals surface area contributed by atoms with E-state index in [1.54, 1.807) is 24.4 Å². The van der Waals surface area contributed by atoms with Gasteiger partial charge in [-0.25, -0.2) is 4.98 Å². The number of aromatic nitrogens is 1. The zero-order valence-corrected chi connectivity index (χ0v) is 12.9. The Morgan fingerprint density at radius 3 is 2.96 bits per heavy atom. The summed E-state index contributed by atoms with van der Waals surface area (Å²) in [7, 11) is 0. The first-order chi connectivity index (χ1) is 11.1. The molecular formula is C16H14ClN3O3. The van der Waals surface area contributed by atoms with Gasteiger partial charge in [0, 0.05) is 17.8 Å². The monoisotopic (exact) mass is 331 g/mol. The molecule has 3 rings (SSSR count). The van der Waals surface area contributed by atoms with Gasteiger partial charge in [0.25, 0.3) is 5.91 Å². The van der Waals surface area contributed by atoms with Crippen LogP contribution in [0.5, 0.6) is 5.75 Å². The largest absolute Gasteiger partial charge is 0.480 e.